The molecule has 2 amide bonds. The Labute approximate surface area is 407 Å². The predicted octanol–water partition coefficient (Wildman–Crippen LogP) is 8.60. The zero-order chi connectivity index (χ0) is 47.5. The van der Waals surface area contributed by atoms with Crippen molar-refractivity contribution in [2.75, 3.05) is 54.9 Å². The topological polar surface area (TPSA) is 185 Å². The number of thiazole rings is 1. The average Bonchev–Trinajstić information content (AvgIpc) is 3.97. The van der Waals surface area contributed by atoms with Crippen LogP contribution in [-0.4, -0.2) is 103 Å². The summed E-state index contributed by atoms with van der Waals surface area (Å²) < 4.78 is 7.84. The number of fused-ring (bicyclic) bond motifs is 3. The van der Waals surface area contributed by atoms with Gasteiger partial charge in [-0.3, -0.25) is 24.0 Å². The van der Waals surface area contributed by atoms with Gasteiger partial charge in [0.15, 0.2) is 11.0 Å². The summed E-state index contributed by atoms with van der Waals surface area (Å²) in [7, 11) is 0. The minimum absolute atomic E-state index is 0.0483. The number of ether oxygens (including phenoxy) is 1. The molecule has 0 aliphatic carbocycles. The van der Waals surface area contributed by atoms with Crippen LogP contribution in [-0.2, 0) is 14.3 Å². The maximum Gasteiger partial charge on any atom is 0.328 e. The Morgan fingerprint density at radius 3 is 2.43 bits per heavy atom. The van der Waals surface area contributed by atoms with E-state index in [0.29, 0.717) is 75.1 Å². The second-order valence-corrected chi connectivity index (χ2v) is 20.1. The van der Waals surface area contributed by atoms with Crippen LogP contribution < -0.4 is 20.9 Å². The van der Waals surface area contributed by atoms with Crippen molar-refractivity contribution >= 4 is 91.8 Å². The first-order valence-electron chi connectivity index (χ1n) is 22.1. The lowest BCUT2D eigenvalue weighted by Crippen LogP contribution is -2.48. The number of aliphatic imine (C=N–C) groups is 1. The average molecular weight is 984 g/mol. The number of rotatable bonds is 15. The minimum atomic E-state index is -0.837. The number of benzene rings is 2. The molecule has 8 rings (SSSR count). The number of para-hydroxylation sites is 1. The van der Waals surface area contributed by atoms with Crippen molar-refractivity contribution < 1.29 is 19.1 Å². The van der Waals surface area contributed by atoms with Gasteiger partial charge in [-0.15, -0.1) is 21.5 Å². The highest BCUT2D eigenvalue weighted by atomic mass is 35.5. The quantitative estimate of drug-likeness (QED) is 0.0834. The number of carbonyl (C=O) groups is 3. The molecule has 2 aliphatic heterocycles. The molecule has 20 heteroatoms. The fraction of sp³-hybridized carbons (Fsp3) is 0.383. The van der Waals surface area contributed by atoms with Gasteiger partial charge >= 0.3 is 5.97 Å². The summed E-state index contributed by atoms with van der Waals surface area (Å²) in [5, 5.41) is 20.6. The van der Waals surface area contributed by atoms with Crippen LogP contribution in [0.5, 0.6) is 0 Å². The third-order valence-corrected chi connectivity index (χ3v) is 14.3. The van der Waals surface area contributed by atoms with Crippen molar-refractivity contribution in [2.24, 2.45) is 10.9 Å². The van der Waals surface area contributed by atoms with Crippen molar-refractivity contribution in [3.63, 3.8) is 0 Å². The fourth-order valence-corrected chi connectivity index (χ4v) is 10.4. The summed E-state index contributed by atoms with van der Waals surface area (Å²) in [4.78, 5) is 65.5. The second kappa shape index (κ2) is 20.6. The number of esters is 1. The molecule has 0 saturated carbocycles. The van der Waals surface area contributed by atoms with E-state index in [1.165, 1.54) is 17.5 Å². The monoisotopic (exact) mass is 982 g/mol. The Balaban J connectivity index is 0.854. The van der Waals surface area contributed by atoms with Crippen molar-refractivity contribution in [1.29, 1.82) is 0 Å². The molecule has 0 bridgehead atoms. The molecule has 6 aromatic rings. The van der Waals surface area contributed by atoms with Crippen LogP contribution in [0.25, 0.3) is 5.00 Å². The van der Waals surface area contributed by atoms with E-state index in [0.717, 1.165) is 56.8 Å². The van der Waals surface area contributed by atoms with Crippen molar-refractivity contribution in [2.45, 2.75) is 73.4 Å². The first-order chi connectivity index (χ1) is 32.1. The maximum atomic E-state index is 14.0. The van der Waals surface area contributed by atoms with Gasteiger partial charge in [0.1, 0.15) is 51.9 Å². The molecule has 2 aliphatic rings. The van der Waals surface area contributed by atoms with Gasteiger partial charge in [0.25, 0.3) is 5.91 Å². The van der Waals surface area contributed by atoms with Crippen LogP contribution >= 0.6 is 45.9 Å². The van der Waals surface area contributed by atoms with E-state index in [1.54, 1.807) is 17.4 Å². The molecular weight excluding hydrogens is 932 g/mol. The fourth-order valence-electron chi connectivity index (χ4n) is 8.11. The number of amides is 2. The largest absolute Gasteiger partial charge is 0.463 e. The van der Waals surface area contributed by atoms with Gasteiger partial charge in [-0.1, -0.05) is 72.7 Å². The van der Waals surface area contributed by atoms with E-state index in [2.05, 4.69) is 59.8 Å². The summed E-state index contributed by atoms with van der Waals surface area (Å²) in [5.74, 6) is 2.18. The van der Waals surface area contributed by atoms with E-state index < -0.39 is 18.1 Å². The normalized spacial score (nSPS) is 15.3. The Bertz CT molecular complexity index is 2810. The van der Waals surface area contributed by atoms with Crippen molar-refractivity contribution in [1.82, 2.24) is 39.9 Å². The lowest BCUT2D eigenvalue weighted by atomic mass is 9.99. The standard InChI is InChI=1S/C47H52Cl2N12O4S2/c1-25(2)21-35(53-39(62)22-34-43-58-57-30(7)61(43)45-40(27(4)28(5)66-45)42(54-34)31-11-13-32(48)14-12-31)46(64)65-20-19-59-15-17-60(18-16-59)38-23-37(51-29(6)52-38)55-47-50-24-36(67-47)44(63)56-41-26(3)9-8-10-33(41)49/h8-14,23-25,34-35H,15-22H2,1-7H3,(H,53,62)(H,56,63)(H,50,51,52,55)/t34-,35-/m0/s1. The molecule has 0 radical (unpaired) electrons. The Kier molecular flexibility index (Phi) is 14.7. The number of nitrogens with one attached hydrogen (secondary N) is 3. The van der Waals surface area contributed by atoms with Crippen LogP contribution in [0.1, 0.15) is 87.0 Å². The van der Waals surface area contributed by atoms with Crippen molar-refractivity contribution in [3.05, 3.63) is 114 Å². The van der Waals surface area contributed by atoms with E-state index in [4.69, 9.17) is 37.9 Å². The predicted molar refractivity (Wildman–Crippen MR) is 265 cm³/mol. The second-order valence-electron chi connectivity index (χ2n) is 17.1. The SMILES string of the molecule is Cc1nc(Nc2ncc(C(=O)Nc3c(C)cccc3Cl)s2)cc(N2CCN(CCOC(=O)[C@H](CC(C)C)NC(=O)C[C@@H]3N=C(c4ccc(Cl)cc4)c4c(sc(C)c4C)-n4c(C)nnc43)CC2)n1. The molecule has 1 fully saturated rings. The number of piperazine rings is 1. The van der Waals surface area contributed by atoms with E-state index in [1.807, 2.05) is 81.7 Å². The number of carbonyl (C=O) groups excluding carboxylic acids is 3. The molecule has 2 atom stereocenters. The Morgan fingerprint density at radius 1 is 0.940 bits per heavy atom. The van der Waals surface area contributed by atoms with E-state index in [9.17, 15) is 14.4 Å². The van der Waals surface area contributed by atoms with Crippen molar-refractivity contribution in [3.8, 4) is 5.00 Å². The zero-order valence-electron chi connectivity index (χ0n) is 38.3. The van der Waals surface area contributed by atoms with Gasteiger partial charge in [-0.05, 0) is 76.3 Å². The van der Waals surface area contributed by atoms with Gasteiger partial charge in [0.2, 0.25) is 5.91 Å². The lowest BCUT2D eigenvalue weighted by Gasteiger charge is -2.35. The highest BCUT2D eigenvalue weighted by molar-refractivity contribution is 7.17. The number of hydrogen-bond acceptors (Lipinski definition) is 15. The number of nitrogens with zero attached hydrogens (tertiary/aromatic N) is 9. The van der Waals surface area contributed by atoms with E-state index in [-0.39, 0.29) is 30.8 Å². The highest BCUT2D eigenvalue weighted by Gasteiger charge is 2.34. The van der Waals surface area contributed by atoms with Crippen LogP contribution in [0.3, 0.4) is 0 Å². The molecule has 4 aromatic heterocycles. The number of hydrogen-bond donors (Lipinski definition) is 3. The molecule has 1 saturated heterocycles. The molecule has 3 N–H and O–H groups in total. The molecule has 0 spiro atoms. The lowest BCUT2D eigenvalue weighted by molar-refractivity contribution is -0.148. The number of halogens is 2. The molecule has 350 valence electrons. The van der Waals surface area contributed by atoms with Crippen LogP contribution in [0.15, 0.2) is 59.7 Å². The zero-order valence-corrected chi connectivity index (χ0v) is 41.5. The van der Waals surface area contributed by atoms with Crippen LogP contribution in [0, 0.1) is 40.5 Å². The maximum absolute atomic E-state index is 14.0. The summed E-state index contributed by atoms with van der Waals surface area (Å²) in [6.45, 7) is 17.3. The number of aryl methyl sites for hydroxylation is 4. The Morgan fingerprint density at radius 2 is 1.70 bits per heavy atom. The number of aromatic nitrogens is 6. The van der Waals surface area contributed by atoms with Gasteiger partial charge in [0, 0.05) is 59.8 Å². The Hall–Kier alpha value is -5.79. The summed E-state index contributed by atoms with van der Waals surface area (Å²) in [5.41, 5.74) is 5.13. The molecule has 0 unspecified atom stereocenters. The smallest absolute Gasteiger partial charge is 0.328 e. The van der Waals surface area contributed by atoms with Crippen LogP contribution in [0.2, 0.25) is 10.0 Å². The van der Waals surface area contributed by atoms with E-state index >= 15 is 0 Å². The molecule has 2 aromatic carbocycles. The summed E-state index contributed by atoms with van der Waals surface area (Å²) in [6, 6.07) is 13.3. The first-order valence-corrected chi connectivity index (χ1v) is 24.4. The molecule has 6 heterocycles. The third kappa shape index (κ3) is 11.0. The highest BCUT2D eigenvalue weighted by Crippen LogP contribution is 2.40. The minimum Gasteiger partial charge on any atom is -0.463 e. The van der Waals surface area contributed by atoms with Gasteiger partial charge < -0.3 is 25.6 Å². The molecule has 16 nitrogen and oxygen atoms in total. The van der Waals surface area contributed by atoms with Gasteiger partial charge in [-0.2, -0.15) is 0 Å². The third-order valence-electron chi connectivity index (χ3n) is 11.7. The van der Waals surface area contributed by atoms with Gasteiger partial charge in [0.05, 0.1) is 29.0 Å². The molecular formula is C47H52Cl2N12O4S2. The molecule has 67 heavy (non-hydrogen) atoms. The van der Waals surface area contributed by atoms with Gasteiger partial charge in [-0.25, -0.2) is 19.7 Å². The number of anilines is 4. The summed E-state index contributed by atoms with van der Waals surface area (Å²) in [6.07, 6.45) is 1.88. The number of thiophene rings is 1. The van der Waals surface area contributed by atoms with Crippen LogP contribution in [0.4, 0.5) is 22.5 Å². The summed E-state index contributed by atoms with van der Waals surface area (Å²) >= 11 is 15.4. The first kappa shape index (κ1) is 47.7.